The molecule has 5 heteroatoms. The van der Waals surface area contributed by atoms with Crippen LogP contribution in [0.4, 0.5) is 0 Å². The van der Waals surface area contributed by atoms with E-state index < -0.39 is 5.72 Å². The SMILES string of the molecule is CCCC=CC(OCC)(C(=O)C=Cc1ccccc1)n1nnc2ccccc21. The van der Waals surface area contributed by atoms with Gasteiger partial charge in [-0.15, -0.1) is 5.10 Å². The van der Waals surface area contributed by atoms with Gasteiger partial charge >= 0.3 is 0 Å². The fourth-order valence-electron chi connectivity index (χ4n) is 3.04. The number of para-hydroxylation sites is 1. The Morgan fingerprint density at radius 2 is 1.86 bits per heavy atom. The fourth-order valence-corrected chi connectivity index (χ4v) is 3.04. The van der Waals surface area contributed by atoms with Crippen molar-refractivity contribution in [2.24, 2.45) is 0 Å². The first-order valence-corrected chi connectivity index (χ1v) is 9.61. The normalized spacial score (nSPS) is 14.1. The summed E-state index contributed by atoms with van der Waals surface area (Å²) >= 11 is 0. The van der Waals surface area contributed by atoms with Crippen LogP contribution in [0.1, 0.15) is 32.3 Å². The van der Waals surface area contributed by atoms with Crippen molar-refractivity contribution in [1.29, 1.82) is 0 Å². The summed E-state index contributed by atoms with van der Waals surface area (Å²) in [6.45, 7) is 4.32. The van der Waals surface area contributed by atoms with Gasteiger partial charge in [-0.2, -0.15) is 0 Å². The lowest BCUT2D eigenvalue weighted by Gasteiger charge is -2.28. The van der Waals surface area contributed by atoms with Crippen LogP contribution in [-0.2, 0) is 15.3 Å². The van der Waals surface area contributed by atoms with Crippen LogP contribution >= 0.6 is 0 Å². The second-order valence-corrected chi connectivity index (χ2v) is 6.42. The van der Waals surface area contributed by atoms with Crippen LogP contribution in [-0.4, -0.2) is 27.4 Å². The maximum Gasteiger partial charge on any atom is 0.245 e. The molecular formula is C23H25N3O2. The minimum atomic E-state index is -1.37. The summed E-state index contributed by atoms with van der Waals surface area (Å²) in [7, 11) is 0. The number of nitrogens with zero attached hydrogens (tertiary/aromatic N) is 3. The van der Waals surface area contributed by atoms with Gasteiger partial charge in [-0.1, -0.05) is 73.2 Å². The summed E-state index contributed by atoms with van der Waals surface area (Å²) in [5.41, 5.74) is 1.04. The summed E-state index contributed by atoms with van der Waals surface area (Å²) in [4.78, 5) is 13.4. The Balaban J connectivity index is 2.09. The van der Waals surface area contributed by atoms with Crippen molar-refractivity contribution in [1.82, 2.24) is 15.0 Å². The number of hydrogen-bond acceptors (Lipinski definition) is 4. The largest absolute Gasteiger partial charge is 0.344 e. The van der Waals surface area contributed by atoms with E-state index in [0.29, 0.717) is 6.61 Å². The third-order valence-corrected chi connectivity index (χ3v) is 4.41. The van der Waals surface area contributed by atoms with E-state index in [4.69, 9.17) is 4.74 Å². The van der Waals surface area contributed by atoms with Crippen molar-refractivity contribution < 1.29 is 9.53 Å². The predicted octanol–water partition coefficient (Wildman–Crippen LogP) is 4.76. The maximum absolute atomic E-state index is 13.4. The Morgan fingerprint density at radius 1 is 1.11 bits per heavy atom. The summed E-state index contributed by atoms with van der Waals surface area (Å²) in [5, 5.41) is 8.50. The number of ether oxygens (including phenoxy) is 1. The molecule has 144 valence electrons. The molecule has 0 amide bonds. The van der Waals surface area contributed by atoms with Gasteiger partial charge in [0, 0.05) is 6.61 Å². The number of aromatic nitrogens is 3. The number of benzene rings is 2. The van der Waals surface area contributed by atoms with E-state index in [0.717, 1.165) is 29.4 Å². The quantitative estimate of drug-likeness (QED) is 0.400. The van der Waals surface area contributed by atoms with E-state index in [2.05, 4.69) is 17.2 Å². The lowest BCUT2D eigenvalue weighted by molar-refractivity contribution is -0.145. The van der Waals surface area contributed by atoms with E-state index in [-0.39, 0.29) is 5.78 Å². The van der Waals surface area contributed by atoms with Gasteiger partial charge in [0.05, 0.1) is 5.52 Å². The van der Waals surface area contributed by atoms with E-state index in [1.807, 2.05) is 67.6 Å². The number of fused-ring (bicyclic) bond motifs is 1. The highest BCUT2D eigenvalue weighted by Gasteiger charge is 2.39. The third kappa shape index (κ3) is 4.10. The predicted molar refractivity (Wildman–Crippen MR) is 112 cm³/mol. The van der Waals surface area contributed by atoms with Crippen LogP contribution in [0.3, 0.4) is 0 Å². The van der Waals surface area contributed by atoms with Crippen molar-refractivity contribution in [2.45, 2.75) is 32.4 Å². The van der Waals surface area contributed by atoms with Gasteiger partial charge in [0.2, 0.25) is 11.5 Å². The molecule has 5 nitrogen and oxygen atoms in total. The maximum atomic E-state index is 13.4. The van der Waals surface area contributed by atoms with Gasteiger partial charge in [-0.25, -0.2) is 4.68 Å². The van der Waals surface area contributed by atoms with Crippen LogP contribution in [0.5, 0.6) is 0 Å². The van der Waals surface area contributed by atoms with Crippen LogP contribution < -0.4 is 0 Å². The summed E-state index contributed by atoms with van der Waals surface area (Å²) < 4.78 is 7.63. The zero-order valence-corrected chi connectivity index (χ0v) is 16.3. The van der Waals surface area contributed by atoms with E-state index in [9.17, 15) is 4.79 Å². The molecule has 0 bridgehead atoms. The molecule has 0 aliphatic heterocycles. The second-order valence-electron chi connectivity index (χ2n) is 6.42. The third-order valence-electron chi connectivity index (χ3n) is 4.41. The van der Waals surface area contributed by atoms with Crippen molar-refractivity contribution in [3.63, 3.8) is 0 Å². The van der Waals surface area contributed by atoms with Crippen molar-refractivity contribution in [3.05, 3.63) is 78.4 Å². The van der Waals surface area contributed by atoms with Crippen LogP contribution in [0.2, 0.25) is 0 Å². The Hall–Kier alpha value is -3.05. The smallest absolute Gasteiger partial charge is 0.245 e. The highest BCUT2D eigenvalue weighted by molar-refractivity contribution is 6.00. The molecule has 1 heterocycles. The molecule has 3 rings (SSSR count). The first-order chi connectivity index (χ1) is 13.7. The monoisotopic (exact) mass is 375 g/mol. The molecule has 1 aromatic heterocycles. The van der Waals surface area contributed by atoms with Gasteiger partial charge in [-0.3, -0.25) is 4.79 Å². The van der Waals surface area contributed by atoms with Crippen molar-refractivity contribution >= 4 is 22.9 Å². The van der Waals surface area contributed by atoms with Gasteiger partial charge in [0.1, 0.15) is 5.52 Å². The highest BCUT2D eigenvalue weighted by Crippen LogP contribution is 2.27. The number of allylic oxidation sites excluding steroid dienone is 1. The number of unbranched alkanes of at least 4 members (excludes halogenated alkanes) is 1. The fraction of sp³-hybridized carbons (Fsp3) is 0.261. The van der Waals surface area contributed by atoms with Crippen LogP contribution in [0.25, 0.3) is 17.1 Å². The summed E-state index contributed by atoms with van der Waals surface area (Å²) in [6.07, 6.45) is 8.95. The molecule has 0 fully saturated rings. The molecule has 2 aromatic carbocycles. The van der Waals surface area contributed by atoms with Gasteiger partial charge < -0.3 is 4.74 Å². The average molecular weight is 375 g/mol. The minimum absolute atomic E-state index is 0.207. The standard InChI is InChI=1S/C23H25N3O2/c1-3-5-11-18-23(28-4-2,22(27)17-16-19-12-7-6-8-13-19)26-21-15-10-9-14-20(21)24-25-26/h6-18H,3-5H2,1-2H3. The number of hydrogen-bond donors (Lipinski definition) is 0. The van der Waals surface area contributed by atoms with E-state index >= 15 is 0 Å². The molecule has 0 saturated carbocycles. The van der Waals surface area contributed by atoms with Gasteiger partial charge in [0.15, 0.2) is 0 Å². The molecule has 0 N–H and O–H groups in total. The lowest BCUT2D eigenvalue weighted by atomic mass is 10.0. The number of carbonyl (C=O) groups excluding carboxylic acids is 1. The first kappa shape index (κ1) is 19.7. The van der Waals surface area contributed by atoms with E-state index in [1.54, 1.807) is 22.9 Å². The van der Waals surface area contributed by atoms with Crippen molar-refractivity contribution in [2.75, 3.05) is 6.61 Å². The Labute approximate surface area is 165 Å². The average Bonchev–Trinajstić information content (AvgIpc) is 3.17. The Kier molecular flexibility index (Phi) is 6.50. The Morgan fingerprint density at radius 3 is 2.61 bits per heavy atom. The summed E-state index contributed by atoms with van der Waals surface area (Å²) in [5.74, 6) is -0.207. The molecule has 1 atom stereocenters. The first-order valence-electron chi connectivity index (χ1n) is 9.61. The summed E-state index contributed by atoms with van der Waals surface area (Å²) in [6, 6.07) is 17.3. The Bertz CT molecular complexity index is 976. The minimum Gasteiger partial charge on any atom is -0.344 e. The molecule has 3 aromatic rings. The molecule has 0 aliphatic carbocycles. The topological polar surface area (TPSA) is 57.0 Å². The molecule has 0 radical (unpaired) electrons. The molecule has 0 saturated heterocycles. The molecule has 0 aliphatic rings. The molecule has 28 heavy (non-hydrogen) atoms. The molecule has 0 spiro atoms. The number of carbonyl (C=O) groups is 1. The van der Waals surface area contributed by atoms with Crippen molar-refractivity contribution in [3.8, 4) is 0 Å². The zero-order chi connectivity index (χ0) is 19.8. The molecular weight excluding hydrogens is 350 g/mol. The highest BCUT2D eigenvalue weighted by atomic mass is 16.5. The van der Waals surface area contributed by atoms with Gasteiger partial charge in [0.25, 0.3) is 0 Å². The van der Waals surface area contributed by atoms with E-state index in [1.165, 1.54) is 0 Å². The zero-order valence-electron chi connectivity index (χ0n) is 16.3. The lowest BCUT2D eigenvalue weighted by Crippen LogP contribution is -2.43. The number of ketones is 1. The molecule has 1 unspecified atom stereocenters. The van der Waals surface area contributed by atoms with Crippen LogP contribution in [0, 0.1) is 0 Å². The second kappa shape index (κ2) is 9.24. The van der Waals surface area contributed by atoms with Crippen LogP contribution in [0.15, 0.2) is 72.8 Å². The number of rotatable bonds is 9. The van der Waals surface area contributed by atoms with Gasteiger partial charge in [-0.05, 0) is 43.2 Å².